The fourth-order valence-corrected chi connectivity index (χ4v) is 0. The maximum atomic E-state index is 8.50. The van der Waals surface area contributed by atoms with E-state index in [4.69, 9.17) is 6.65 Å². The van der Waals surface area contributed by atoms with Crippen molar-refractivity contribution in [1.29, 1.82) is 0 Å². The molecule has 0 aromatic carbocycles. The monoisotopic (exact) mass is 160 g/mol. The van der Waals surface area contributed by atoms with Crippen molar-refractivity contribution in [2.45, 2.75) is 0 Å². The Bertz CT molecular complexity index is 26.5. The Morgan fingerprint density at radius 1 is 1.00 bits per heavy atom. The zero-order valence-corrected chi connectivity index (χ0v) is 5.76. The predicted octanol–water partition coefficient (Wildman–Crippen LogP) is -0.480. The van der Waals surface area contributed by atoms with E-state index in [1.807, 2.05) is 0 Å². The van der Waals surface area contributed by atoms with Crippen LogP contribution in [0.4, 0.5) is 0 Å². The van der Waals surface area contributed by atoms with Gasteiger partial charge in [0.25, 0.3) is 0 Å². The van der Waals surface area contributed by atoms with Crippen LogP contribution in [0.25, 0.3) is 0 Å². The molecule has 0 aliphatic heterocycles. The Hall–Kier alpha value is 0.949. The van der Waals surface area contributed by atoms with Crippen LogP contribution in [0.15, 0.2) is 0 Å². The van der Waals surface area contributed by atoms with E-state index in [1.54, 1.807) is 0 Å². The molecular formula is O4Ti2. The van der Waals surface area contributed by atoms with Gasteiger partial charge in [0.2, 0.25) is 0 Å². The molecule has 0 aromatic rings. The van der Waals surface area contributed by atoms with Crippen molar-refractivity contribution < 1.29 is 58.4 Å². The SMILES string of the molecule is [O-2].[O-2].[O]=[Ti]=[O].[Ti+4]. The van der Waals surface area contributed by atoms with Crippen molar-refractivity contribution in [1.82, 2.24) is 0 Å². The van der Waals surface area contributed by atoms with Gasteiger partial charge in [-0.15, -0.1) is 0 Å². The second-order valence-electron chi connectivity index (χ2n) is 0.0833. The molecule has 0 aromatic heterocycles. The zero-order valence-electron chi connectivity index (χ0n) is 2.63. The summed E-state index contributed by atoms with van der Waals surface area (Å²) in [5, 5.41) is 0. The minimum Gasteiger partial charge on any atom is 4.00 e. The number of rotatable bonds is 0. The van der Waals surface area contributed by atoms with Gasteiger partial charge in [0.15, 0.2) is 0 Å². The van der Waals surface area contributed by atoms with Crippen molar-refractivity contribution in [2.24, 2.45) is 0 Å². The van der Waals surface area contributed by atoms with Gasteiger partial charge in [-0.3, -0.25) is 0 Å². The van der Waals surface area contributed by atoms with Crippen LogP contribution in [0.1, 0.15) is 0 Å². The summed E-state index contributed by atoms with van der Waals surface area (Å²) in [5.41, 5.74) is 0. The van der Waals surface area contributed by atoms with Gasteiger partial charge in [0.05, 0.1) is 0 Å². The van der Waals surface area contributed by atoms with E-state index < -0.39 is 19.1 Å². The van der Waals surface area contributed by atoms with Crippen LogP contribution < -0.4 is 0 Å². The first-order valence-corrected chi connectivity index (χ1v) is 1.68. The van der Waals surface area contributed by atoms with Gasteiger partial charge in [-0.05, 0) is 0 Å². The molecule has 0 rings (SSSR count). The van der Waals surface area contributed by atoms with E-state index in [2.05, 4.69) is 0 Å². The van der Waals surface area contributed by atoms with Crippen LogP contribution in [0, 0.1) is 0 Å². The molecule has 0 radical (unpaired) electrons. The standard InChI is InChI=1S/4O.2Ti/q;;2*-2;;+4. The molecule has 0 amide bonds. The smallest absolute Gasteiger partial charge is 4.00 e. The van der Waals surface area contributed by atoms with Crippen LogP contribution in [0.2, 0.25) is 0 Å². The summed E-state index contributed by atoms with van der Waals surface area (Å²) < 4.78 is 17.0. The molecule has 6 heteroatoms. The summed E-state index contributed by atoms with van der Waals surface area (Å²) in [6.45, 7) is 0. The first-order valence-electron chi connectivity index (χ1n) is 0.408. The van der Waals surface area contributed by atoms with Gasteiger partial charge in [-0.25, -0.2) is 0 Å². The Kier molecular flexibility index (Phi) is 181. The molecule has 4 nitrogen and oxygen atoms in total. The molecule has 0 unspecified atom stereocenters. The fourth-order valence-electron chi connectivity index (χ4n) is 0. The van der Waals surface area contributed by atoms with Crippen LogP contribution in [0.5, 0.6) is 0 Å². The van der Waals surface area contributed by atoms with Crippen molar-refractivity contribution in [3.63, 3.8) is 0 Å². The summed E-state index contributed by atoms with van der Waals surface area (Å²) in [7, 11) is 0. The molecule has 6 heavy (non-hydrogen) atoms. The molecule has 32 valence electrons. The molecule has 0 heterocycles. The van der Waals surface area contributed by atoms with Gasteiger partial charge < -0.3 is 11.0 Å². The molecular weight excluding hydrogens is 160 g/mol. The summed E-state index contributed by atoms with van der Waals surface area (Å²) in [6, 6.07) is 0. The summed E-state index contributed by atoms with van der Waals surface area (Å²) in [6.07, 6.45) is 0. The van der Waals surface area contributed by atoms with Crippen LogP contribution >= 0.6 is 0 Å². The average Bonchev–Trinajstić information content (AvgIpc) is 0.918. The Balaban J connectivity index is -0.00000000667. The summed E-state index contributed by atoms with van der Waals surface area (Å²) >= 11 is -2.00. The fraction of sp³-hybridized carbons (Fsp3) is 0. The van der Waals surface area contributed by atoms with E-state index in [0.717, 1.165) is 0 Å². The summed E-state index contributed by atoms with van der Waals surface area (Å²) in [5.74, 6) is 0. The molecule has 0 spiro atoms. The molecule has 0 N–H and O–H groups in total. The second-order valence-corrected chi connectivity index (χ2v) is 0.344. The molecule has 0 aliphatic carbocycles. The van der Waals surface area contributed by atoms with Gasteiger partial charge in [-0.2, -0.15) is 0 Å². The van der Waals surface area contributed by atoms with E-state index in [-0.39, 0.29) is 32.7 Å². The van der Waals surface area contributed by atoms with Crippen LogP contribution in [-0.4, -0.2) is 0 Å². The maximum Gasteiger partial charge on any atom is 4.00 e. The van der Waals surface area contributed by atoms with Gasteiger partial charge in [0, 0.05) is 0 Å². The zero-order chi connectivity index (χ0) is 2.71. The summed E-state index contributed by atoms with van der Waals surface area (Å²) in [4.78, 5) is 0. The third-order valence-corrected chi connectivity index (χ3v) is 0. The maximum absolute atomic E-state index is 8.50. The number of hydrogen-bond donors (Lipinski definition) is 0. The van der Waals surface area contributed by atoms with Crippen LogP contribution in [0.3, 0.4) is 0 Å². The van der Waals surface area contributed by atoms with E-state index in [9.17, 15) is 0 Å². The largest absolute Gasteiger partial charge is 4.00 e. The second kappa shape index (κ2) is 38.4. The molecule has 0 saturated carbocycles. The quantitative estimate of drug-likeness (QED) is 0.447. The first kappa shape index (κ1) is 28.3. The third kappa shape index (κ3) is 85.7. The Morgan fingerprint density at radius 3 is 1.00 bits per heavy atom. The Morgan fingerprint density at radius 2 is 1.00 bits per heavy atom. The molecule has 0 saturated heterocycles. The van der Waals surface area contributed by atoms with Crippen molar-refractivity contribution in [3.8, 4) is 0 Å². The van der Waals surface area contributed by atoms with Gasteiger partial charge in [0.1, 0.15) is 0 Å². The Labute approximate surface area is 58.4 Å². The van der Waals surface area contributed by atoms with Crippen molar-refractivity contribution >= 4 is 0 Å². The minimum absolute atomic E-state index is 0. The van der Waals surface area contributed by atoms with E-state index in [0.29, 0.717) is 0 Å². The van der Waals surface area contributed by atoms with E-state index in [1.165, 1.54) is 0 Å². The third-order valence-electron chi connectivity index (χ3n) is 0. The van der Waals surface area contributed by atoms with Gasteiger partial charge in [-0.1, -0.05) is 0 Å². The molecule has 0 bridgehead atoms. The molecule has 0 fully saturated rings. The van der Waals surface area contributed by atoms with Crippen molar-refractivity contribution in [3.05, 3.63) is 0 Å². The topological polar surface area (TPSA) is 91.1 Å². The van der Waals surface area contributed by atoms with Crippen LogP contribution in [-0.2, 0) is 58.4 Å². The normalized spacial score (nSPS) is 1.33. The van der Waals surface area contributed by atoms with Gasteiger partial charge >= 0.3 is 47.5 Å². The number of hydrogen-bond acceptors (Lipinski definition) is 2. The molecule has 0 atom stereocenters. The first-order chi connectivity index (χ1) is 1.41. The minimum atomic E-state index is -2.00. The average molecular weight is 160 g/mol. The molecule has 0 aliphatic rings. The van der Waals surface area contributed by atoms with E-state index >= 15 is 0 Å². The predicted molar refractivity (Wildman–Crippen MR) is 2.75 cm³/mol. The van der Waals surface area contributed by atoms with Crippen molar-refractivity contribution in [2.75, 3.05) is 0 Å².